The van der Waals surface area contributed by atoms with Crippen LogP contribution < -0.4 is 10.6 Å². The number of carbonyl (C=O) groups is 1. The van der Waals surface area contributed by atoms with E-state index in [9.17, 15) is 4.79 Å². The Morgan fingerprint density at radius 3 is 2.81 bits per heavy atom. The van der Waals surface area contributed by atoms with E-state index in [4.69, 9.17) is 0 Å². The number of rotatable bonds is 3. The molecule has 0 saturated heterocycles. The van der Waals surface area contributed by atoms with E-state index in [0.29, 0.717) is 13.1 Å². The number of amides is 1. The Morgan fingerprint density at radius 2 is 1.95 bits per heavy atom. The van der Waals surface area contributed by atoms with Crippen molar-refractivity contribution in [2.75, 3.05) is 6.54 Å². The maximum atomic E-state index is 12.5. The van der Waals surface area contributed by atoms with E-state index >= 15 is 0 Å². The second kappa shape index (κ2) is 6.10. The number of hydrogen-bond acceptors (Lipinski definition) is 2. The van der Waals surface area contributed by atoms with Crippen molar-refractivity contribution in [2.45, 2.75) is 25.9 Å². The molecule has 0 aliphatic carbocycles. The summed E-state index contributed by atoms with van der Waals surface area (Å²) in [5.74, 6) is -0.00290. The highest BCUT2D eigenvalue weighted by atomic mass is 16.1. The minimum absolute atomic E-state index is 0.0953. The van der Waals surface area contributed by atoms with Crippen molar-refractivity contribution < 1.29 is 4.79 Å². The fourth-order valence-electron chi connectivity index (χ4n) is 2.84. The zero-order valence-corrected chi connectivity index (χ0v) is 12.2. The van der Waals surface area contributed by atoms with Gasteiger partial charge in [0.15, 0.2) is 0 Å². The Morgan fingerprint density at radius 1 is 1.19 bits per heavy atom. The Hall–Kier alpha value is -2.13. The van der Waals surface area contributed by atoms with Gasteiger partial charge in [0.2, 0.25) is 5.91 Å². The highest BCUT2D eigenvalue weighted by molar-refractivity contribution is 5.84. The number of carbonyl (C=O) groups excluding carboxylic acids is 1. The first-order valence-electron chi connectivity index (χ1n) is 7.36. The molecule has 0 aromatic heterocycles. The van der Waals surface area contributed by atoms with Crippen molar-refractivity contribution in [3.8, 4) is 0 Å². The Labute approximate surface area is 125 Å². The summed E-state index contributed by atoms with van der Waals surface area (Å²) >= 11 is 0. The van der Waals surface area contributed by atoms with Gasteiger partial charge in [-0.05, 0) is 29.2 Å². The minimum Gasteiger partial charge on any atom is -0.351 e. The van der Waals surface area contributed by atoms with Gasteiger partial charge in [-0.1, -0.05) is 48.5 Å². The molecule has 1 aliphatic rings. The van der Waals surface area contributed by atoms with E-state index in [2.05, 4.69) is 41.8 Å². The summed E-state index contributed by atoms with van der Waals surface area (Å²) in [7, 11) is 0. The molecule has 0 spiro atoms. The van der Waals surface area contributed by atoms with E-state index in [1.807, 2.05) is 24.3 Å². The average Bonchev–Trinajstić information content (AvgIpc) is 2.53. The quantitative estimate of drug-likeness (QED) is 0.907. The summed E-state index contributed by atoms with van der Waals surface area (Å²) in [5, 5.41) is 6.39. The SMILES string of the molecule is Cc1ccccc1CNC(=O)C1CNCc2ccccc21. The van der Waals surface area contributed by atoms with Crippen LogP contribution in [0.25, 0.3) is 0 Å². The topological polar surface area (TPSA) is 41.1 Å². The van der Waals surface area contributed by atoms with Crippen LogP contribution in [0.3, 0.4) is 0 Å². The molecule has 0 saturated carbocycles. The molecule has 0 fully saturated rings. The van der Waals surface area contributed by atoms with Crippen LogP contribution in [-0.2, 0) is 17.9 Å². The van der Waals surface area contributed by atoms with Crippen LogP contribution in [0, 0.1) is 6.92 Å². The molecule has 3 heteroatoms. The van der Waals surface area contributed by atoms with E-state index in [-0.39, 0.29) is 11.8 Å². The zero-order valence-electron chi connectivity index (χ0n) is 12.2. The predicted molar refractivity (Wildman–Crippen MR) is 83.9 cm³/mol. The Balaban J connectivity index is 1.71. The molecule has 1 unspecified atom stereocenters. The van der Waals surface area contributed by atoms with Gasteiger partial charge < -0.3 is 10.6 Å². The van der Waals surface area contributed by atoms with Crippen molar-refractivity contribution in [2.24, 2.45) is 0 Å². The monoisotopic (exact) mass is 280 g/mol. The molecule has 2 aromatic rings. The Bertz CT molecular complexity index is 651. The maximum Gasteiger partial charge on any atom is 0.229 e. The number of aryl methyl sites for hydroxylation is 1. The van der Waals surface area contributed by atoms with E-state index < -0.39 is 0 Å². The van der Waals surface area contributed by atoms with Crippen LogP contribution in [0.2, 0.25) is 0 Å². The first-order valence-corrected chi connectivity index (χ1v) is 7.36. The van der Waals surface area contributed by atoms with Gasteiger partial charge in [0.05, 0.1) is 5.92 Å². The highest BCUT2D eigenvalue weighted by Gasteiger charge is 2.25. The average molecular weight is 280 g/mol. The van der Waals surface area contributed by atoms with E-state index in [1.54, 1.807) is 0 Å². The number of fused-ring (bicyclic) bond motifs is 1. The molecule has 1 amide bonds. The predicted octanol–water partition coefficient (Wildman–Crippen LogP) is 2.50. The van der Waals surface area contributed by atoms with Gasteiger partial charge in [-0.25, -0.2) is 0 Å². The van der Waals surface area contributed by atoms with Gasteiger partial charge in [0.25, 0.3) is 0 Å². The summed E-state index contributed by atoms with van der Waals surface area (Å²) in [6.45, 7) is 4.21. The number of hydrogen-bond donors (Lipinski definition) is 2. The standard InChI is InChI=1S/C18H20N2O/c1-13-6-2-3-7-14(13)11-20-18(21)17-12-19-10-15-8-4-5-9-16(15)17/h2-9,17,19H,10-12H2,1H3,(H,20,21). The first-order chi connectivity index (χ1) is 10.3. The third-order valence-electron chi connectivity index (χ3n) is 4.13. The molecule has 2 N–H and O–H groups in total. The molecular weight excluding hydrogens is 260 g/mol. The smallest absolute Gasteiger partial charge is 0.229 e. The summed E-state index contributed by atoms with van der Waals surface area (Å²) < 4.78 is 0. The fraction of sp³-hybridized carbons (Fsp3) is 0.278. The molecule has 1 aliphatic heterocycles. The van der Waals surface area contributed by atoms with Gasteiger partial charge in [-0.3, -0.25) is 4.79 Å². The van der Waals surface area contributed by atoms with Crippen LogP contribution in [0.5, 0.6) is 0 Å². The van der Waals surface area contributed by atoms with E-state index in [1.165, 1.54) is 16.7 Å². The van der Waals surface area contributed by atoms with Crippen LogP contribution in [-0.4, -0.2) is 12.5 Å². The summed E-state index contributed by atoms with van der Waals surface area (Å²) in [5.41, 5.74) is 4.75. The molecule has 0 radical (unpaired) electrons. The van der Waals surface area contributed by atoms with Crippen molar-refractivity contribution >= 4 is 5.91 Å². The molecule has 3 rings (SSSR count). The van der Waals surface area contributed by atoms with Crippen molar-refractivity contribution in [1.29, 1.82) is 0 Å². The van der Waals surface area contributed by atoms with Gasteiger partial charge in [-0.15, -0.1) is 0 Å². The minimum atomic E-state index is -0.0982. The lowest BCUT2D eigenvalue weighted by Crippen LogP contribution is -2.38. The fourth-order valence-corrected chi connectivity index (χ4v) is 2.84. The number of benzene rings is 2. The van der Waals surface area contributed by atoms with Crippen molar-refractivity contribution in [3.05, 3.63) is 70.8 Å². The second-order valence-electron chi connectivity index (χ2n) is 5.53. The van der Waals surface area contributed by atoms with Gasteiger partial charge in [-0.2, -0.15) is 0 Å². The zero-order chi connectivity index (χ0) is 14.7. The molecule has 0 bridgehead atoms. The highest BCUT2D eigenvalue weighted by Crippen LogP contribution is 2.24. The molecule has 2 aromatic carbocycles. The van der Waals surface area contributed by atoms with Gasteiger partial charge in [0, 0.05) is 19.6 Å². The van der Waals surface area contributed by atoms with Gasteiger partial charge in [0.1, 0.15) is 0 Å². The molecular formula is C18H20N2O. The molecule has 3 nitrogen and oxygen atoms in total. The third kappa shape index (κ3) is 2.98. The summed E-state index contributed by atoms with van der Waals surface area (Å²) in [4.78, 5) is 12.5. The normalized spacial score (nSPS) is 17.1. The lowest BCUT2D eigenvalue weighted by molar-refractivity contribution is -0.122. The van der Waals surface area contributed by atoms with Crippen LogP contribution in [0.15, 0.2) is 48.5 Å². The van der Waals surface area contributed by atoms with Crippen LogP contribution >= 0.6 is 0 Å². The van der Waals surface area contributed by atoms with Crippen LogP contribution in [0.4, 0.5) is 0 Å². The van der Waals surface area contributed by atoms with Crippen molar-refractivity contribution in [3.63, 3.8) is 0 Å². The molecule has 1 heterocycles. The van der Waals surface area contributed by atoms with Gasteiger partial charge >= 0.3 is 0 Å². The number of nitrogens with one attached hydrogen (secondary N) is 2. The molecule has 1 atom stereocenters. The van der Waals surface area contributed by atoms with Crippen LogP contribution in [0.1, 0.15) is 28.2 Å². The second-order valence-corrected chi connectivity index (χ2v) is 5.53. The maximum absolute atomic E-state index is 12.5. The van der Waals surface area contributed by atoms with Crippen molar-refractivity contribution in [1.82, 2.24) is 10.6 Å². The largest absolute Gasteiger partial charge is 0.351 e. The summed E-state index contributed by atoms with van der Waals surface area (Å²) in [6.07, 6.45) is 0. The Kier molecular flexibility index (Phi) is 4.02. The third-order valence-corrected chi connectivity index (χ3v) is 4.13. The molecule has 21 heavy (non-hydrogen) atoms. The lowest BCUT2D eigenvalue weighted by Gasteiger charge is -2.25. The summed E-state index contributed by atoms with van der Waals surface area (Å²) in [6, 6.07) is 16.3. The lowest BCUT2D eigenvalue weighted by atomic mass is 9.90. The molecule has 108 valence electrons. The first kappa shape index (κ1) is 13.8. The van der Waals surface area contributed by atoms with E-state index in [0.717, 1.165) is 12.1 Å².